The van der Waals surface area contributed by atoms with Crippen LogP contribution in [0.5, 0.6) is 0 Å². The zero-order chi connectivity index (χ0) is 11.5. The van der Waals surface area contributed by atoms with Crippen LogP contribution in [0, 0.1) is 0 Å². The third-order valence-corrected chi connectivity index (χ3v) is 2.87. The first-order valence-corrected chi connectivity index (χ1v) is 5.19. The average molecular weight is 215 g/mol. The van der Waals surface area contributed by atoms with E-state index in [1.54, 1.807) is 0 Å². The van der Waals surface area contributed by atoms with Crippen molar-refractivity contribution in [3.05, 3.63) is 0 Å². The number of nitrogens with zero attached hydrogens (tertiary/aromatic N) is 1. The lowest BCUT2D eigenvalue weighted by Crippen LogP contribution is -2.50. The number of aliphatic hydroxyl groups is 1. The van der Waals surface area contributed by atoms with Crippen LogP contribution >= 0.6 is 0 Å². The number of carboxylic acid groups (broad SMARTS) is 1. The molecule has 1 fully saturated rings. The largest absolute Gasteiger partial charge is 0.481 e. The number of β-amino-alcohol motifs (C(OH)–C–C–N with tert-alkyl or cyclic N) is 1. The smallest absolute Gasteiger partial charge is 0.312 e. The van der Waals surface area contributed by atoms with Crippen LogP contribution in [0.25, 0.3) is 0 Å². The fraction of sp³-hybridized carbons (Fsp3) is 0.800. The number of amides is 1. The summed E-state index contributed by atoms with van der Waals surface area (Å²) in [5.41, 5.74) is -0.827. The first-order valence-electron chi connectivity index (χ1n) is 5.19. The summed E-state index contributed by atoms with van der Waals surface area (Å²) in [4.78, 5) is 23.3. The number of rotatable bonds is 3. The number of hydrogen-bond donors (Lipinski definition) is 2. The van der Waals surface area contributed by atoms with Crippen molar-refractivity contribution in [2.75, 3.05) is 13.1 Å². The van der Waals surface area contributed by atoms with E-state index in [4.69, 9.17) is 5.11 Å². The standard InChI is InChI=1S/C10H17NO4/c1-2-10(15)4-3-5-11(7-10)8(12)6-9(13)14/h15H,2-7H2,1H3,(H,13,14). The third kappa shape index (κ3) is 3.20. The van der Waals surface area contributed by atoms with Crippen LogP contribution in [0.2, 0.25) is 0 Å². The van der Waals surface area contributed by atoms with Crippen molar-refractivity contribution < 1.29 is 19.8 Å². The van der Waals surface area contributed by atoms with Gasteiger partial charge in [-0.1, -0.05) is 6.92 Å². The molecule has 86 valence electrons. The lowest BCUT2D eigenvalue weighted by molar-refractivity contribution is -0.147. The van der Waals surface area contributed by atoms with Gasteiger partial charge in [-0.05, 0) is 19.3 Å². The van der Waals surface area contributed by atoms with Gasteiger partial charge in [0.25, 0.3) is 0 Å². The van der Waals surface area contributed by atoms with Gasteiger partial charge in [-0.3, -0.25) is 9.59 Å². The quantitative estimate of drug-likeness (QED) is 0.660. The number of hydrogen-bond acceptors (Lipinski definition) is 3. The van der Waals surface area contributed by atoms with Gasteiger partial charge < -0.3 is 15.1 Å². The summed E-state index contributed by atoms with van der Waals surface area (Å²) in [6.45, 7) is 2.68. The molecule has 1 saturated heterocycles. The molecule has 0 radical (unpaired) electrons. The van der Waals surface area contributed by atoms with Gasteiger partial charge in [0.2, 0.25) is 5.91 Å². The van der Waals surface area contributed by atoms with Gasteiger partial charge in [0.05, 0.1) is 5.60 Å². The molecule has 0 aromatic carbocycles. The molecule has 0 saturated carbocycles. The molecule has 1 aliphatic rings. The minimum atomic E-state index is -1.12. The Morgan fingerprint density at radius 2 is 2.13 bits per heavy atom. The molecular formula is C10H17NO4. The molecule has 1 atom stereocenters. The molecule has 15 heavy (non-hydrogen) atoms. The van der Waals surface area contributed by atoms with E-state index in [0.29, 0.717) is 19.4 Å². The van der Waals surface area contributed by atoms with E-state index in [0.717, 1.165) is 6.42 Å². The highest BCUT2D eigenvalue weighted by Crippen LogP contribution is 2.24. The number of carbonyl (C=O) groups excluding carboxylic acids is 1. The summed E-state index contributed by atoms with van der Waals surface area (Å²) in [7, 11) is 0. The maximum atomic E-state index is 11.4. The second-order valence-electron chi connectivity index (χ2n) is 4.07. The van der Waals surface area contributed by atoms with Gasteiger partial charge in [-0.15, -0.1) is 0 Å². The Morgan fingerprint density at radius 1 is 1.47 bits per heavy atom. The van der Waals surface area contributed by atoms with Crippen LogP contribution in [0.15, 0.2) is 0 Å². The van der Waals surface area contributed by atoms with Crippen LogP contribution in [0.4, 0.5) is 0 Å². The van der Waals surface area contributed by atoms with Crippen molar-refractivity contribution in [2.24, 2.45) is 0 Å². The minimum Gasteiger partial charge on any atom is -0.481 e. The summed E-state index contributed by atoms with van der Waals surface area (Å²) in [5.74, 6) is -1.53. The van der Waals surface area contributed by atoms with Crippen molar-refractivity contribution in [1.29, 1.82) is 0 Å². The highest BCUT2D eigenvalue weighted by Gasteiger charge is 2.33. The molecule has 1 heterocycles. The molecule has 0 aromatic rings. The van der Waals surface area contributed by atoms with Gasteiger partial charge in [0.15, 0.2) is 0 Å². The van der Waals surface area contributed by atoms with Crippen molar-refractivity contribution in [2.45, 2.75) is 38.2 Å². The molecule has 1 unspecified atom stereocenters. The van der Waals surface area contributed by atoms with E-state index in [-0.39, 0.29) is 6.54 Å². The molecule has 1 rings (SSSR count). The molecule has 1 aliphatic heterocycles. The Balaban J connectivity index is 2.56. The van der Waals surface area contributed by atoms with E-state index in [2.05, 4.69) is 0 Å². The predicted octanol–water partition coefficient (Wildman–Crippen LogP) is 0.225. The Hall–Kier alpha value is -1.10. The third-order valence-electron chi connectivity index (χ3n) is 2.87. The molecule has 5 heteroatoms. The van der Waals surface area contributed by atoms with E-state index >= 15 is 0 Å². The molecule has 0 spiro atoms. The lowest BCUT2D eigenvalue weighted by Gasteiger charge is -2.38. The topological polar surface area (TPSA) is 77.8 Å². The first kappa shape index (κ1) is 12.0. The molecule has 0 aromatic heterocycles. The van der Waals surface area contributed by atoms with E-state index < -0.39 is 23.9 Å². The van der Waals surface area contributed by atoms with Crippen molar-refractivity contribution in [3.8, 4) is 0 Å². The van der Waals surface area contributed by atoms with E-state index in [1.165, 1.54) is 4.90 Å². The molecule has 5 nitrogen and oxygen atoms in total. The highest BCUT2D eigenvalue weighted by atomic mass is 16.4. The van der Waals surface area contributed by atoms with Crippen molar-refractivity contribution >= 4 is 11.9 Å². The summed E-state index contributed by atoms with van der Waals surface area (Å²) >= 11 is 0. The molecule has 1 amide bonds. The van der Waals surface area contributed by atoms with Crippen LogP contribution in [-0.4, -0.2) is 45.7 Å². The van der Waals surface area contributed by atoms with Crippen LogP contribution in [-0.2, 0) is 9.59 Å². The molecule has 2 N–H and O–H groups in total. The monoisotopic (exact) mass is 215 g/mol. The fourth-order valence-electron chi connectivity index (χ4n) is 1.85. The van der Waals surface area contributed by atoms with Crippen LogP contribution < -0.4 is 0 Å². The first-order chi connectivity index (χ1) is 6.97. The Bertz CT molecular complexity index is 266. The minimum absolute atomic E-state index is 0.260. The second kappa shape index (κ2) is 4.61. The van der Waals surface area contributed by atoms with Crippen molar-refractivity contribution in [3.63, 3.8) is 0 Å². The van der Waals surface area contributed by atoms with Gasteiger partial charge in [0, 0.05) is 13.1 Å². The molecule has 0 aliphatic carbocycles. The Kier molecular flexibility index (Phi) is 3.68. The second-order valence-corrected chi connectivity index (χ2v) is 4.07. The number of carbonyl (C=O) groups is 2. The summed E-state index contributed by atoms with van der Waals surface area (Å²) < 4.78 is 0. The summed E-state index contributed by atoms with van der Waals surface area (Å²) in [6.07, 6.45) is 1.51. The number of piperidine rings is 1. The normalized spacial score (nSPS) is 26.4. The van der Waals surface area contributed by atoms with Crippen molar-refractivity contribution in [1.82, 2.24) is 4.90 Å². The van der Waals surface area contributed by atoms with Gasteiger partial charge in [-0.25, -0.2) is 0 Å². The Labute approximate surface area is 88.7 Å². The molecular weight excluding hydrogens is 198 g/mol. The number of likely N-dealkylation sites (tertiary alicyclic amines) is 1. The highest BCUT2D eigenvalue weighted by molar-refractivity contribution is 5.93. The SMILES string of the molecule is CCC1(O)CCCN(C(=O)CC(=O)O)C1. The van der Waals surface area contributed by atoms with E-state index in [1.807, 2.05) is 6.92 Å². The Morgan fingerprint density at radius 3 is 2.67 bits per heavy atom. The summed E-state index contributed by atoms with van der Waals surface area (Å²) in [6, 6.07) is 0. The maximum Gasteiger partial charge on any atom is 0.312 e. The zero-order valence-corrected chi connectivity index (χ0v) is 8.90. The number of aliphatic carboxylic acids is 1. The van der Waals surface area contributed by atoms with Gasteiger partial charge in [-0.2, -0.15) is 0 Å². The predicted molar refractivity (Wildman–Crippen MR) is 53.3 cm³/mol. The average Bonchev–Trinajstić information content (AvgIpc) is 2.17. The van der Waals surface area contributed by atoms with Gasteiger partial charge in [0.1, 0.15) is 6.42 Å². The lowest BCUT2D eigenvalue weighted by atomic mass is 9.90. The maximum absolute atomic E-state index is 11.4. The summed E-state index contributed by atoms with van der Waals surface area (Å²) in [5, 5.41) is 18.5. The number of carboxylic acids is 1. The van der Waals surface area contributed by atoms with Crippen LogP contribution in [0.1, 0.15) is 32.6 Å². The molecule has 0 bridgehead atoms. The fourth-order valence-corrected chi connectivity index (χ4v) is 1.85. The van der Waals surface area contributed by atoms with E-state index in [9.17, 15) is 14.7 Å². The van der Waals surface area contributed by atoms with Crippen LogP contribution in [0.3, 0.4) is 0 Å². The zero-order valence-electron chi connectivity index (χ0n) is 8.90. The van der Waals surface area contributed by atoms with Gasteiger partial charge >= 0.3 is 5.97 Å².